The highest BCUT2D eigenvalue weighted by atomic mass is 16.5. The highest BCUT2D eigenvalue weighted by Gasteiger charge is 2.51. The van der Waals surface area contributed by atoms with Gasteiger partial charge in [0.2, 0.25) is 5.43 Å². The first-order chi connectivity index (χ1) is 14.2. The summed E-state index contributed by atoms with van der Waals surface area (Å²) in [6.07, 6.45) is 6.23. The molecule has 0 bridgehead atoms. The summed E-state index contributed by atoms with van der Waals surface area (Å²) in [7, 11) is 1.63. The molecule has 1 saturated carbocycles. The molecule has 1 saturated heterocycles. The second kappa shape index (κ2) is 7.10. The van der Waals surface area contributed by atoms with Crippen LogP contribution in [-0.4, -0.2) is 39.9 Å². The molecule has 0 spiro atoms. The largest absolute Gasteiger partial charge is 0.494 e. The number of likely N-dealkylation sites (tertiary alicyclic amines) is 1. The minimum atomic E-state index is -1.20. The van der Waals surface area contributed by atoms with Crippen LogP contribution in [0.15, 0.2) is 23.1 Å². The average Bonchev–Trinajstić information content (AvgIpc) is 3.51. The third-order valence-corrected chi connectivity index (χ3v) is 7.19. The fourth-order valence-electron chi connectivity index (χ4n) is 5.41. The summed E-state index contributed by atoms with van der Waals surface area (Å²) < 4.78 is 7.90. The third-order valence-electron chi connectivity index (χ3n) is 7.19. The number of nitrogens with two attached hydrogens (primary N) is 1. The van der Waals surface area contributed by atoms with E-state index in [-0.39, 0.29) is 22.7 Å². The van der Waals surface area contributed by atoms with Gasteiger partial charge in [0.25, 0.3) is 0 Å². The van der Waals surface area contributed by atoms with Crippen molar-refractivity contribution in [2.24, 2.45) is 5.73 Å². The van der Waals surface area contributed by atoms with Crippen molar-refractivity contribution in [1.29, 1.82) is 0 Å². The van der Waals surface area contributed by atoms with E-state index in [0.717, 1.165) is 37.7 Å². The third kappa shape index (κ3) is 2.87. The molecule has 30 heavy (non-hydrogen) atoms. The predicted octanol–water partition coefficient (Wildman–Crippen LogP) is 3.44. The summed E-state index contributed by atoms with van der Waals surface area (Å²) in [5.41, 5.74) is 6.94. The van der Waals surface area contributed by atoms with Crippen molar-refractivity contribution in [3.8, 4) is 5.75 Å². The van der Waals surface area contributed by atoms with Crippen LogP contribution >= 0.6 is 0 Å². The maximum absolute atomic E-state index is 13.0. The minimum Gasteiger partial charge on any atom is -0.494 e. The van der Waals surface area contributed by atoms with Crippen LogP contribution < -0.4 is 15.9 Å². The van der Waals surface area contributed by atoms with Crippen LogP contribution in [0.3, 0.4) is 0 Å². The Morgan fingerprint density at radius 3 is 2.53 bits per heavy atom. The minimum absolute atomic E-state index is 0.0476. The Balaban J connectivity index is 2.06. The summed E-state index contributed by atoms with van der Waals surface area (Å²) in [6.45, 7) is 7.01. The molecule has 1 aliphatic heterocycles. The van der Waals surface area contributed by atoms with E-state index < -0.39 is 11.4 Å². The van der Waals surface area contributed by atoms with E-state index in [4.69, 9.17) is 10.5 Å². The number of carboxylic acids is 1. The van der Waals surface area contributed by atoms with Crippen molar-refractivity contribution in [3.05, 3.63) is 39.7 Å². The van der Waals surface area contributed by atoms with Gasteiger partial charge in [-0.3, -0.25) is 9.69 Å². The molecule has 1 aliphatic carbocycles. The van der Waals surface area contributed by atoms with E-state index in [1.807, 2.05) is 10.6 Å². The molecule has 2 fully saturated rings. The van der Waals surface area contributed by atoms with Crippen LogP contribution in [0.25, 0.3) is 10.9 Å². The Kier molecular flexibility index (Phi) is 4.94. The number of aromatic carboxylic acids is 1. The first kappa shape index (κ1) is 20.9. The van der Waals surface area contributed by atoms with Crippen LogP contribution in [0.4, 0.5) is 0 Å². The van der Waals surface area contributed by atoms with Gasteiger partial charge in [-0.1, -0.05) is 13.0 Å². The molecule has 1 aromatic heterocycles. The SMILES string of the molecule is CCC1(c2ccc3c(=O)c(C(=O)O)cn(C4CC4)c3c2OC)CCC(C)(C)N1CN. The van der Waals surface area contributed by atoms with Gasteiger partial charge in [0, 0.05) is 30.0 Å². The van der Waals surface area contributed by atoms with E-state index in [1.54, 1.807) is 13.2 Å². The summed E-state index contributed by atoms with van der Waals surface area (Å²) in [5.74, 6) is -0.539. The van der Waals surface area contributed by atoms with E-state index in [2.05, 4.69) is 25.7 Å². The molecule has 1 unspecified atom stereocenters. The fraction of sp³-hybridized carbons (Fsp3) is 0.565. The standard InChI is InChI=1S/C23H31N3O4/c1-5-23(11-10-22(2,3)26(23)13-24)17-9-8-15-18(20(17)30-4)25(14-6-7-14)12-16(19(15)27)21(28)29/h8-9,12,14H,5-7,10-11,13,24H2,1-4H3,(H,28,29). The van der Waals surface area contributed by atoms with Crippen molar-refractivity contribution >= 4 is 16.9 Å². The maximum atomic E-state index is 13.0. The van der Waals surface area contributed by atoms with Crippen molar-refractivity contribution < 1.29 is 14.6 Å². The number of hydrogen-bond acceptors (Lipinski definition) is 5. The van der Waals surface area contributed by atoms with Gasteiger partial charge in [0.05, 0.1) is 23.6 Å². The summed E-state index contributed by atoms with van der Waals surface area (Å²) in [6, 6.07) is 3.91. The Labute approximate surface area is 176 Å². The number of carboxylic acid groups (broad SMARTS) is 1. The molecule has 4 rings (SSSR count). The average molecular weight is 414 g/mol. The summed E-state index contributed by atoms with van der Waals surface area (Å²) in [4.78, 5) is 27.0. The highest BCUT2D eigenvalue weighted by Crippen LogP contribution is 2.52. The van der Waals surface area contributed by atoms with Gasteiger partial charge in [-0.25, -0.2) is 4.79 Å². The second-order valence-electron chi connectivity index (χ2n) is 9.17. The lowest BCUT2D eigenvalue weighted by Gasteiger charge is -2.44. The summed E-state index contributed by atoms with van der Waals surface area (Å²) >= 11 is 0. The van der Waals surface area contributed by atoms with Gasteiger partial charge in [-0.2, -0.15) is 0 Å². The molecule has 7 nitrogen and oxygen atoms in total. The molecule has 2 heterocycles. The van der Waals surface area contributed by atoms with Crippen LogP contribution in [0.5, 0.6) is 5.75 Å². The second-order valence-corrected chi connectivity index (χ2v) is 9.17. The number of ether oxygens (including phenoxy) is 1. The maximum Gasteiger partial charge on any atom is 0.341 e. The number of carbonyl (C=O) groups is 1. The van der Waals surface area contributed by atoms with Crippen LogP contribution in [0.1, 0.15) is 74.8 Å². The van der Waals surface area contributed by atoms with Gasteiger partial charge in [-0.05, 0) is 52.0 Å². The number of aromatic nitrogens is 1. The van der Waals surface area contributed by atoms with Gasteiger partial charge in [0.15, 0.2) is 0 Å². The van der Waals surface area contributed by atoms with Crippen molar-refractivity contribution in [2.75, 3.05) is 13.8 Å². The first-order valence-electron chi connectivity index (χ1n) is 10.7. The molecule has 3 N–H and O–H groups in total. The Hall–Kier alpha value is -2.38. The van der Waals surface area contributed by atoms with E-state index in [9.17, 15) is 14.7 Å². The zero-order chi connectivity index (χ0) is 21.8. The molecular formula is C23H31N3O4. The van der Waals surface area contributed by atoms with Crippen LogP contribution in [-0.2, 0) is 5.54 Å². The Morgan fingerprint density at radius 2 is 2.00 bits per heavy atom. The number of rotatable bonds is 6. The van der Waals surface area contributed by atoms with Gasteiger partial charge < -0.3 is 20.1 Å². The van der Waals surface area contributed by atoms with Crippen molar-refractivity contribution in [2.45, 2.75) is 70.0 Å². The highest BCUT2D eigenvalue weighted by molar-refractivity contribution is 5.95. The fourth-order valence-corrected chi connectivity index (χ4v) is 5.41. The van der Waals surface area contributed by atoms with Gasteiger partial charge in [0.1, 0.15) is 11.3 Å². The van der Waals surface area contributed by atoms with Gasteiger partial charge in [-0.15, -0.1) is 0 Å². The molecule has 0 radical (unpaired) electrons. The number of methoxy groups -OCH3 is 1. The molecule has 1 atom stereocenters. The lowest BCUT2D eigenvalue weighted by atomic mass is 9.83. The summed E-state index contributed by atoms with van der Waals surface area (Å²) in [5, 5.41) is 9.94. The van der Waals surface area contributed by atoms with E-state index in [0.29, 0.717) is 23.3 Å². The quantitative estimate of drug-likeness (QED) is 0.753. The predicted molar refractivity (Wildman–Crippen MR) is 116 cm³/mol. The Bertz CT molecular complexity index is 1070. The lowest BCUT2D eigenvalue weighted by Crippen LogP contribution is -2.52. The smallest absolute Gasteiger partial charge is 0.341 e. The van der Waals surface area contributed by atoms with E-state index >= 15 is 0 Å². The number of hydrogen-bond donors (Lipinski definition) is 2. The Morgan fingerprint density at radius 1 is 1.30 bits per heavy atom. The molecule has 2 aromatic rings. The van der Waals surface area contributed by atoms with Crippen molar-refractivity contribution in [1.82, 2.24) is 9.47 Å². The van der Waals surface area contributed by atoms with Crippen LogP contribution in [0, 0.1) is 0 Å². The lowest BCUT2D eigenvalue weighted by molar-refractivity contribution is 0.0510. The topological polar surface area (TPSA) is 97.8 Å². The number of fused-ring (bicyclic) bond motifs is 1. The number of nitrogens with zero attached hydrogens (tertiary/aromatic N) is 2. The normalized spacial score (nSPS) is 23.8. The van der Waals surface area contributed by atoms with Gasteiger partial charge >= 0.3 is 5.97 Å². The molecular weight excluding hydrogens is 382 g/mol. The molecule has 0 amide bonds. The number of pyridine rings is 1. The number of benzene rings is 1. The molecule has 2 aliphatic rings. The zero-order valence-electron chi connectivity index (χ0n) is 18.2. The van der Waals surface area contributed by atoms with Crippen molar-refractivity contribution in [3.63, 3.8) is 0 Å². The first-order valence-corrected chi connectivity index (χ1v) is 10.7. The molecule has 1 aromatic carbocycles. The molecule has 7 heteroatoms. The zero-order valence-corrected chi connectivity index (χ0v) is 18.2. The van der Waals surface area contributed by atoms with E-state index in [1.165, 1.54) is 6.20 Å². The van der Waals surface area contributed by atoms with Crippen LogP contribution in [0.2, 0.25) is 0 Å². The monoisotopic (exact) mass is 413 g/mol. The molecule has 162 valence electrons.